The molecule has 1 aromatic heterocycles. The first kappa shape index (κ1) is 15.5. The SMILES string of the molecule is CCCc1cc(C(=O)NC(C)CC)cc(NCC)n1. The summed E-state index contributed by atoms with van der Waals surface area (Å²) >= 11 is 0. The number of aryl methyl sites for hydroxylation is 1. The third kappa shape index (κ3) is 4.89. The molecule has 1 unspecified atom stereocenters. The zero-order valence-corrected chi connectivity index (χ0v) is 12.4. The van der Waals surface area contributed by atoms with Gasteiger partial charge in [0.25, 0.3) is 5.91 Å². The van der Waals surface area contributed by atoms with Crippen LogP contribution in [0.3, 0.4) is 0 Å². The lowest BCUT2D eigenvalue weighted by molar-refractivity contribution is 0.0939. The number of hydrogen-bond acceptors (Lipinski definition) is 3. The number of amides is 1. The maximum absolute atomic E-state index is 12.2. The van der Waals surface area contributed by atoms with Crippen LogP contribution in [0.25, 0.3) is 0 Å². The van der Waals surface area contributed by atoms with Gasteiger partial charge >= 0.3 is 0 Å². The number of nitrogens with zero attached hydrogens (tertiary/aromatic N) is 1. The Bertz CT molecular complexity index is 394. The van der Waals surface area contributed by atoms with Crippen LogP contribution < -0.4 is 10.6 Å². The predicted molar refractivity (Wildman–Crippen MR) is 79.6 cm³/mol. The lowest BCUT2D eigenvalue weighted by atomic mass is 10.1. The van der Waals surface area contributed by atoms with Crippen molar-refractivity contribution >= 4 is 11.7 Å². The molecule has 0 saturated heterocycles. The van der Waals surface area contributed by atoms with E-state index in [1.807, 2.05) is 26.0 Å². The van der Waals surface area contributed by atoms with E-state index in [1.54, 1.807) is 0 Å². The lowest BCUT2D eigenvalue weighted by Crippen LogP contribution is -2.32. The normalized spacial score (nSPS) is 12.0. The maximum Gasteiger partial charge on any atom is 0.251 e. The van der Waals surface area contributed by atoms with Gasteiger partial charge in [0.15, 0.2) is 0 Å². The van der Waals surface area contributed by atoms with Gasteiger partial charge in [-0.05, 0) is 38.8 Å². The Balaban J connectivity index is 2.94. The van der Waals surface area contributed by atoms with Gasteiger partial charge in [0, 0.05) is 23.8 Å². The second-order valence-corrected chi connectivity index (χ2v) is 4.80. The van der Waals surface area contributed by atoms with Gasteiger partial charge in [-0.15, -0.1) is 0 Å². The highest BCUT2D eigenvalue weighted by atomic mass is 16.1. The molecule has 0 saturated carbocycles. The molecule has 1 rings (SSSR count). The van der Waals surface area contributed by atoms with Crippen LogP contribution in [0.4, 0.5) is 5.82 Å². The fraction of sp³-hybridized carbons (Fsp3) is 0.600. The van der Waals surface area contributed by atoms with E-state index in [0.29, 0.717) is 5.56 Å². The first-order chi connectivity index (χ1) is 9.10. The molecule has 0 aliphatic heterocycles. The summed E-state index contributed by atoms with van der Waals surface area (Å²) in [6, 6.07) is 3.90. The average molecular weight is 263 g/mol. The molecule has 1 heterocycles. The van der Waals surface area contributed by atoms with Gasteiger partial charge in [-0.2, -0.15) is 0 Å². The quantitative estimate of drug-likeness (QED) is 0.795. The summed E-state index contributed by atoms with van der Waals surface area (Å²) in [5.74, 6) is 0.760. The summed E-state index contributed by atoms with van der Waals surface area (Å²) in [6.45, 7) is 9.00. The molecule has 4 heteroatoms. The Kier molecular flexibility index (Phi) is 6.33. The molecule has 0 aliphatic rings. The van der Waals surface area contributed by atoms with Gasteiger partial charge < -0.3 is 10.6 Å². The minimum atomic E-state index is -0.0201. The van der Waals surface area contributed by atoms with E-state index in [0.717, 1.165) is 37.3 Å². The molecule has 4 nitrogen and oxygen atoms in total. The zero-order chi connectivity index (χ0) is 14.3. The van der Waals surface area contributed by atoms with Crippen molar-refractivity contribution in [1.82, 2.24) is 10.3 Å². The number of nitrogens with one attached hydrogen (secondary N) is 2. The Morgan fingerprint density at radius 3 is 2.63 bits per heavy atom. The molecule has 0 aromatic carbocycles. The molecule has 2 N–H and O–H groups in total. The number of hydrogen-bond donors (Lipinski definition) is 2. The number of carbonyl (C=O) groups excluding carboxylic acids is 1. The number of rotatable bonds is 7. The van der Waals surface area contributed by atoms with E-state index in [1.165, 1.54) is 0 Å². The first-order valence-electron chi connectivity index (χ1n) is 7.16. The fourth-order valence-corrected chi connectivity index (χ4v) is 1.78. The molecule has 1 atom stereocenters. The van der Waals surface area contributed by atoms with Crippen molar-refractivity contribution in [2.45, 2.75) is 53.0 Å². The Morgan fingerprint density at radius 2 is 2.05 bits per heavy atom. The third-order valence-corrected chi connectivity index (χ3v) is 2.99. The highest BCUT2D eigenvalue weighted by Crippen LogP contribution is 2.12. The van der Waals surface area contributed by atoms with Crippen LogP contribution >= 0.6 is 0 Å². The van der Waals surface area contributed by atoms with Crippen molar-refractivity contribution in [3.8, 4) is 0 Å². The van der Waals surface area contributed by atoms with Crippen molar-refractivity contribution in [3.63, 3.8) is 0 Å². The number of aromatic nitrogens is 1. The Hall–Kier alpha value is -1.58. The molecule has 0 aliphatic carbocycles. The van der Waals surface area contributed by atoms with E-state index in [-0.39, 0.29) is 11.9 Å². The molecule has 1 aromatic rings. The monoisotopic (exact) mass is 263 g/mol. The number of anilines is 1. The van der Waals surface area contributed by atoms with Crippen LogP contribution in [-0.4, -0.2) is 23.5 Å². The number of carbonyl (C=O) groups is 1. The largest absolute Gasteiger partial charge is 0.370 e. The second-order valence-electron chi connectivity index (χ2n) is 4.80. The van der Waals surface area contributed by atoms with Crippen molar-refractivity contribution in [2.24, 2.45) is 0 Å². The summed E-state index contributed by atoms with van der Waals surface area (Å²) in [4.78, 5) is 16.7. The molecule has 0 spiro atoms. The lowest BCUT2D eigenvalue weighted by Gasteiger charge is -2.13. The molecule has 0 radical (unpaired) electrons. The zero-order valence-electron chi connectivity index (χ0n) is 12.4. The van der Waals surface area contributed by atoms with E-state index in [4.69, 9.17) is 0 Å². The van der Waals surface area contributed by atoms with Crippen LogP contribution in [0.2, 0.25) is 0 Å². The molecular formula is C15H25N3O. The van der Waals surface area contributed by atoms with Crippen molar-refractivity contribution in [3.05, 3.63) is 23.4 Å². The summed E-state index contributed by atoms with van der Waals surface area (Å²) in [5, 5.41) is 6.17. The molecule has 1 amide bonds. The molecule has 0 fully saturated rings. The van der Waals surface area contributed by atoms with Crippen molar-refractivity contribution < 1.29 is 4.79 Å². The van der Waals surface area contributed by atoms with Crippen LogP contribution in [0.5, 0.6) is 0 Å². The van der Waals surface area contributed by atoms with E-state index in [9.17, 15) is 4.79 Å². The minimum absolute atomic E-state index is 0.0201. The molecular weight excluding hydrogens is 238 g/mol. The third-order valence-electron chi connectivity index (χ3n) is 2.99. The molecule has 0 bridgehead atoms. The van der Waals surface area contributed by atoms with E-state index >= 15 is 0 Å². The topological polar surface area (TPSA) is 54.0 Å². The van der Waals surface area contributed by atoms with Crippen LogP contribution in [-0.2, 0) is 6.42 Å². The van der Waals surface area contributed by atoms with E-state index in [2.05, 4.69) is 29.5 Å². The Morgan fingerprint density at radius 1 is 1.32 bits per heavy atom. The summed E-state index contributed by atoms with van der Waals surface area (Å²) < 4.78 is 0. The van der Waals surface area contributed by atoms with Gasteiger partial charge in [0.2, 0.25) is 0 Å². The van der Waals surface area contributed by atoms with Gasteiger partial charge in [-0.25, -0.2) is 4.98 Å². The van der Waals surface area contributed by atoms with Crippen LogP contribution in [0.15, 0.2) is 12.1 Å². The summed E-state index contributed by atoms with van der Waals surface area (Å²) in [5.41, 5.74) is 1.66. The van der Waals surface area contributed by atoms with Gasteiger partial charge in [0.05, 0.1) is 0 Å². The predicted octanol–water partition coefficient (Wildman–Crippen LogP) is 2.99. The Labute approximate surface area is 116 Å². The van der Waals surface area contributed by atoms with Gasteiger partial charge in [-0.1, -0.05) is 20.3 Å². The molecule has 19 heavy (non-hydrogen) atoms. The van der Waals surface area contributed by atoms with Gasteiger partial charge in [0.1, 0.15) is 5.82 Å². The van der Waals surface area contributed by atoms with E-state index < -0.39 is 0 Å². The first-order valence-corrected chi connectivity index (χ1v) is 7.16. The minimum Gasteiger partial charge on any atom is -0.370 e. The average Bonchev–Trinajstić information content (AvgIpc) is 2.39. The summed E-state index contributed by atoms with van der Waals surface area (Å²) in [6.07, 6.45) is 2.84. The summed E-state index contributed by atoms with van der Waals surface area (Å²) in [7, 11) is 0. The smallest absolute Gasteiger partial charge is 0.251 e. The van der Waals surface area contributed by atoms with Gasteiger partial charge in [-0.3, -0.25) is 4.79 Å². The fourth-order valence-electron chi connectivity index (χ4n) is 1.78. The van der Waals surface area contributed by atoms with Crippen molar-refractivity contribution in [2.75, 3.05) is 11.9 Å². The second kappa shape index (κ2) is 7.77. The standard InChI is InChI=1S/C15H25N3O/c1-5-8-13-9-12(10-14(18-13)16-7-3)15(19)17-11(4)6-2/h9-11H,5-8H2,1-4H3,(H,16,18)(H,17,19). The highest BCUT2D eigenvalue weighted by Gasteiger charge is 2.11. The van der Waals surface area contributed by atoms with Crippen molar-refractivity contribution in [1.29, 1.82) is 0 Å². The highest BCUT2D eigenvalue weighted by molar-refractivity contribution is 5.95. The van der Waals surface area contributed by atoms with Crippen LogP contribution in [0.1, 0.15) is 56.6 Å². The molecule has 106 valence electrons. The maximum atomic E-state index is 12.2. The number of pyridine rings is 1. The van der Waals surface area contributed by atoms with Crippen LogP contribution in [0, 0.1) is 0 Å².